The molecule has 1 N–H and O–H groups in total. The molecule has 0 saturated carbocycles. The van der Waals surface area contributed by atoms with Crippen LogP contribution in [0.1, 0.15) is 19.4 Å². The molecule has 5 heteroatoms. The second-order valence-electron chi connectivity index (χ2n) is 8.03. The van der Waals surface area contributed by atoms with Crippen LogP contribution in [0.25, 0.3) is 22.2 Å². The smallest absolute Gasteiger partial charge is 0.155 e. The van der Waals surface area contributed by atoms with Gasteiger partial charge in [-0.05, 0) is 44.0 Å². The third-order valence-electron chi connectivity index (χ3n) is 4.21. The van der Waals surface area contributed by atoms with Crippen molar-refractivity contribution in [3.05, 3.63) is 72.0 Å². The summed E-state index contributed by atoms with van der Waals surface area (Å²) in [5.74, 6) is -0.0625. The average molecular weight is 583 g/mol. The van der Waals surface area contributed by atoms with Gasteiger partial charge >= 0.3 is 0 Å². The molecular formula is C24H28IrNO2Si-. The number of allylic oxidation sites excluding steroid dienone is 2. The Hall–Kier alpha value is -2.07. The number of aromatic nitrogens is 1. The fourth-order valence-corrected chi connectivity index (χ4v) is 3.83. The number of ketones is 1. The van der Waals surface area contributed by atoms with Gasteiger partial charge in [-0.2, -0.15) is 0 Å². The Balaban J connectivity index is 0.000000456. The van der Waals surface area contributed by atoms with Gasteiger partial charge in [-0.3, -0.25) is 9.78 Å². The Bertz CT molecular complexity index is 1000. The van der Waals surface area contributed by atoms with Crippen molar-refractivity contribution in [3.8, 4) is 11.3 Å². The maximum Gasteiger partial charge on any atom is 0.155 e. The molecule has 29 heavy (non-hydrogen) atoms. The van der Waals surface area contributed by atoms with Crippen molar-refractivity contribution in [1.82, 2.24) is 4.98 Å². The van der Waals surface area contributed by atoms with Gasteiger partial charge in [0.15, 0.2) is 5.78 Å². The van der Waals surface area contributed by atoms with Crippen LogP contribution in [0, 0.1) is 13.0 Å². The summed E-state index contributed by atoms with van der Waals surface area (Å²) in [4.78, 5) is 14.8. The molecule has 1 aromatic heterocycles. The molecule has 0 atom stereocenters. The van der Waals surface area contributed by atoms with Gasteiger partial charge in [0.05, 0.1) is 11.3 Å². The van der Waals surface area contributed by atoms with Crippen molar-refractivity contribution in [1.29, 1.82) is 0 Å². The van der Waals surface area contributed by atoms with Gasteiger partial charge in [-0.1, -0.05) is 43.4 Å². The molecule has 3 aromatic rings. The van der Waals surface area contributed by atoms with Crippen molar-refractivity contribution >= 4 is 29.9 Å². The summed E-state index contributed by atoms with van der Waals surface area (Å²) in [6.07, 6.45) is 1.17. The van der Waals surface area contributed by atoms with Gasteiger partial charge in [0.2, 0.25) is 0 Å². The van der Waals surface area contributed by atoms with Gasteiger partial charge in [0.25, 0.3) is 0 Å². The quantitative estimate of drug-likeness (QED) is 0.190. The van der Waals surface area contributed by atoms with Crippen LogP contribution in [0.3, 0.4) is 0 Å². The van der Waals surface area contributed by atoms with E-state index in [4.69, 9.17) is 10.1 Å². The number of hydrogen-bond donors (Lipinski definition) is 1. The zero-order chi connectivity index (χ0) is 20.9. The third kappa shape index (κ3) is 7.69. The van der Waals surface area contributed by atoms with E-state index in [1.807, 2.05) is 0 Å². The molecule has 0 spiro atoms. The van der Waals surface area contributed by atoms with E-state index in [0.29, 0.717) is 0 Å². The second kappa shape index (κ2) is 10.6. The topological polar surface area (TPSA) is 50.2 Å². The van der Waals surface area contributed by atoms with E-state index in [1.165, 1.54) is 36.1 Å². The Morgan fingerprint density at radius 3 is 2.24 bits per heavy atom. The summed E-state index contributed by atoms with van der Waals surface area (Å²) in [5, 5.41) is 11.0. The van der Waals surface area contributed by atoms with Crippen LogP contribution in [0.15, 0.2) is 60.4 Å². The fraction of sp³-hybridized carbons (Fsp3) is 0.250. The number of carbonyl (C=O) groups excluding carboxylic acids is 1. The van der Waals surface area contributed by atoms with E-state index in [1.54, 1.807) is 0 Å². The standard InChI is InChI=1S/C19H20NSi.C5H8O2.Ir/c1-14-5-11-19-16(13-14)8-12-18(20-19)15-6-9-17(10-7-15)21(2,3)4;1-4(6)3-5(2)7;/h5-6,8-13H,1-4H3;3,6H,1-2H3;/q-1;;. The number of aliphatic hydroxyl groups is 1. The van der Waals surface area contributed by atoms with Crippen LogP contribution in [-0.4, -0.2) is 23.9 Å². The number of pyridine rings is 1. The monoisotopic (exact) mass is 583 g/mol. The minimum Gasteiger partial charge on any atom is -0.512 e. The first-order valence-electron chi connectivity index (χ1n) is 9.34. The number of aliphatic hydroxyl groups excluding tert-OH is 1. The Labute approximate surface area is 188 Å². The summed E-state index contributed by atoms with van der Waals surface area (Å²) < 4.78 is 0. The number of nitrogens with zero attached hydrogens (tertiary/aromatic N) is 1. The molecule has 0 bridgehead atoms. The number of fused-ring (bicyclic) bond motifs is 1. The minimum atomic E-state index is -1.26. The van der Waals surface area contributed by atoms with Gasteiger partial charge < -0.3 is 5.11 Å². The van der Waals surface area contributed by atoms with E-state index < -0.39 is 8.07 Å². The summed E-state index contributed by atoms with van der Waals surface area (Å²) in [6, 6.07) is 20.5. The minimum absolute atomic E-state index is 0. The molecule has 1 heterocycles. The van der Waals surface area contributed by atoms with Crippen molar-refractivity contribution in [2.75, 3.05) is 0 Å². The number of hydrogen-bond acceptors (Lipinski definition) is 3. The fourth-order valence-electron chi connectivity index (χ4n) is 2.74. The number of aryl methyl sites for hydroxylation is 1. The maximum atomic E-state index is 10.0. The van der Waals surface area contributed by atoms with Crippen LogP contribution < -0.4 is 5.19 Å². The summed E-state index contributed by atoms with van der Waals surface area (Å²) in [5.41, 5.74) is 4.37. The van der Waals surface area contributed by atoms with Crippen LogP contribution in [0.2, 0.25) is 19.6 Å². The van der Waals surface area contributed by atoms with E-state index in [9.17, 15) is 4.79 Å². The normalized spacial score (nSPS) is 11.3. The molecule has 155 valence electrons. The van der Waals surface area contributed by atoms with Crippen LogP contribution in [0.4, 0.5) is 0 Å². The van der Waals surface area contributed by atoms with Crippen LogP contribution in [0.5, 0.6) is 0 Å². The van der Waals surface area contributed by atoms with E-state index in [0.717, 1.165) is 16.8 Å². The summed E-state index contributed by atoms with van der Waals surface area (Å²) in [7, 11) is -1.26. The zero-order valence-corrected chi connectivity index (χ0v) is 21.2. The van der Waals surface area contributed by atoms with Crippen LogP contribution >= 0.6 is 0 Å². The maximum absolute atomic E-state index is 10.0. The van der Waals surface area contributed by atoms with Crippen molar-refractivity contribution in [2.24, 2.45) is 0 Å². The third-order valence-corrected chi connectivity index (χ3v) is 6.25. The Morgan fingerprint density at radius 2 is 1.76 bits per heavy atom. The predicted octanol–water partition coefficient (Wildman–Crippen LogP) is 5.59. The summed E-state index contributed by atoms with van der Waals surface area (Å²) in [6.45, 7) is 12.0. The van der Waals surface area contributed by atoms with Crippen molar-refractivity contribution < 1.29 is 30.0 Å². The van der Waals surface area contributed by atoms with E-state index in [-0.39, 0.29) is 31.6 Å². The molecular weight excluding hydrogens is 555 g/mol. The number of benzene rings is 2. The molecule has 0 amide bonds. The molecule has 3 nitrogen and oxygen atoms in total. The molecule has 0 aliphatic rings. The first-order chi connectivity index (χ1) is 13.1. The summed E-state index contributed by atoms with van der Waals surface area (Å²) >= 11 is 0. The molecule has 0 saturated heterocycles. The van der Waals surface area contributed by atoms with Crippen molar-refractivity contribution in [2.45, 2.75) is 40.4 Å². The average Bonchev–Trinajstić information content (AvgIpc) is 2.60. The van der Waals surface area contributed by atoms with E-state index in [2.05, 4.69) is 81.2 Å². The van der Waals surface area contributed by atoms with E-state index >= 15 is 0 Å². The van der Waals surface area contributed by atoms with Gasteiger partial charge in [-0.15, -0.1) is 35.0 Å². The van der Waals surface area contributed by atoms with Crippen molar-refractivity contribution in [3.63, 3.8) is 0 Å². The largest absolute Gasteiger partial charge is 0.512 e. The second-order valence-corrected chi connectivity index (χ2v) is 13.1. The van der Waals surface area contributed by atoms with Gasteiger partial charge in [0.1, 0.15) is 0 Å². The van der Waals surface area contributed by atoms with Gasteiger partial charge in [0, 0.05) is 34.3 Å². The number of rotatable bonds is 3. The first-order valence-corrected chi connectivity index (χ1v) is 12.8. The SMILES string of the molecule is CC(=O)C=C(C)O.Cc1ccc2nc(-c3[c-]cc([Si](C)(C)C)cc3)ccc2c1.[Ir]. The molecule has 0 fully saturated rings. The molecule has 3 rings (SSSR count). The first kappa shape index (κ1) is 25.0. The molecule has 1 radical (unpaired) electrons. The molecule has 0 unspecified atom stereocenters. The number of carbonyl (C=O) groups is 1. The van der Waals surface area contributed by atoms with Gasteiger partial charge in [-0.25, -0.2) is 0 Å². The Kier molecular flexibility index (Phi) is 9.15. The molecule has 2 aromatic carbocycles. The Morgan fingerprint density at radius 1 is 1.07 bits per heavy atom. The zero-order valence-electron chi connectivity index (χ0n) is 17.8. The predicted molar refractivity (Wildman–Crippen MR) is 121 cm³/mol. The van der Waals surface area contributed by atoms with Crippen LogP contribution in [-0.2, 0) is 24.9 Å². The molecule has 0 aliphatic heterocycles. The molecule has 0 aliphatic carbocycles.